The van der Waals surface area contributed by atoms with Crippen molar-refractivity contribution in [3.05, 3.63) is 76.3 Å². The van der Waals surface area contributed by atoms with Crippen LogP contribution in [-0.2, 0) is 4.79 Å². The number of imidazole rings is 1. The predicted octanol–water partition coefficient (Wildman–Crippen LogP) is 7.94. The fourth-order valence-corrected chi connectivity index (χ4v) is 8.00. The number of aromatic nitrogens is 2. The molecule has 3 aromatic carbocycles. The summed E-state index contributed by atoms with van der Waals surface area (Å²) in [6.45, 7) is 0. The molecule has 0 saturated heterocycles. The van der Waals surface area contributed by atoms with Crippen LogP contribution in [0.3, 0.4) is 0 Å². The summed E-state index contributed by atoms with van der Waals surface area (Å²) in [5.41, 5.74) is 4.23. The van der Waals surface area contributed by atoms with E-state index in [1.165, 1.54) is 19.3 Å². The Morgan fingerprint density at radius 3 is 2.05 bits per heavy atom. The van der Waals surface area contributed by atoms with Crippen LogP contribution in [0.25, 0.3) is 22.4 Å². The number of hydrogen-bond donors (Lipinski definition) is 3. The van der Waals surface area contributed by atoms with Crippen LogP contribution in [0.5, 0.6) is 0 Å². The zero-order valence-electron chi connectivity index (χ0n) is 21.3. The highest BCUT2D eigenvalue weighted by molar-refractivity contribution is 6.35. The molecule has 0 unspecified atom stereocenters. The third kappa shape index (κ3) is 4.70. The molecule has 0 aliphatic heterocycles. The molecule has 3 N–H and O–H groups in total. The molecule has 198 valence electrons. The molecule has 4 aliphatic rings. The third-order valence-electron chi connectivity index (χ3n) is 8.80. The highest BCUT2D eigenvalue weighted by Gasteiger charge is 2.54. The number of amides is 2. The van der Waals surface area contributed by atoms with Crippen molar-refractivity contribution in [2.45, 2.75) is 38.5 Å². The molecule has 4 fully saturated rings. The standard InChI is InChI=1S/C31H28Cl2N4O2/c32-22-10-21(11-23(33)12-22)29(38)34-24-3-1-20(2-4-24)28-36-26-6-5-25(13-27(26)37-28)35-30(39)31-14-17-7-18(15-31)9-19(8-17)16-31/h1-6,10-13,17-19H,7-9,14-16H2,(H,34,38)(H,35,39)(H,36,37). The maximum atomic E-state index is 13.5. The van der Waals surface area contributed by atoms with E-state index in [2.05, 4.69) is 15.6 Å². The highest BCUT2D eigenvalue weighted by Crippen LogP contribution is 2.60. The van der Waals surface area contributed by atoms with E-state index in [-0.39, 0.29) is 17.2 Å². The van der Waals surface area contributed by atoms with Crippen LogP contribution >= 0.6 is 23.2 Å². The van der Waals surface area contributed by atoms with E-state index >= 15 is 0 Å². The minimum Gasteiger partial charge on any atom is -0.338 e. The number of aromatic amines is 1. The van der Waals surface area contributed by atoms with Gasteiger partial charge in [0.15, 0.2) is 0 Å². The first-order chi connectivity index (χ1) is 18.8. The van der Waals surface area contributed by atoms with Crippen molar-refractivity contribution in [2.24, 2.45) is 23.2 Å². The number of carbonyl (C=O) groups excluding carboxylic acids is 2. The second-order valence-electron chi connectivity index (χ2n) is 11.7. The SMILES string of the molecule is O=C(Nc1ccc(-c2nc3ccc(NC(=O)C45CC6CC(CC(C6)C4)C5)cc3[nH]2)cc1)c1cc(Cl)cc(Cl)c1. The van der Waals surface area contributed by atoms with Crippen LogP contribution in [-0.4, -0.2) is 21.8 Å². The zero-order valence-corrected chi connectivity index (χ0v) is 22.8. The van der Waals surface area contributed by atoms with Crippen LogP contribution in [0.1, 0.15) is 48.9 Å². The molecule has 1 aromatic heterocycles. The van der Waals surface area contributed by atoms with Gasteiger partial charge in [-0.2, -0.15) is 0 Å². The second-order valence-corrected chi connectivity index (χ2v) is 12.5. The first-order valence-electron chi connectivity index (χ1n) is 13.5. The lowest BCUT2D eigenvalue weighted by atomic mass is 9.49. The first kappa shape index (κ1) is 24.7. The van der Waals surface area contributed by atoms with Crippen molar-refractivity contribution in [1.29, 1.82) is 0 Å². The van der Waals surface area contributed by atoms with Crippen LogP contribution in [0.2, 0.25) is 10.0 Å². The molecule has 4 saturated carbocycles. The number of rotatable bonds is 5. The number of nitrogens with one attached hydrogen (secondary N) is 3. The van der Waals surface area contributed by atoms with E-state index in [1.54, 1.807) is 18.2 Å². The Labute approximate surface area is 236 Å². The Balaban J connectivity index is 1.05. The summed E-state index contributed by atoms with van der Waals surface area (Å²) in [4.78, 5) is 34.2. The van der Waals surface area contributed by atoms with Gasteiger partial charge in [-0.3, -0.25) is 9.59 Å². The number of fused-ring (bicyclic) bond motifs is 1. The summed E-state index contributed by atoms with van der Waals surface area (Å²) in [7, 11) is 0. The van der Waals surface area contributed by atoms with Gasteiger partial charge in [0.05, 0.1) is 16.4 Å². The Bertz CT molecular complexity index is 1560. The number of nitrogens with zero attached hydrogens (tertiary/aromatic N) is 1. The van der Waals surface area contributed by atoms with Gasteiger partial charge in [0.25, 0.3) is 5.91 Å². The first-order valence-corrected chi connectivity index (χ1v) is 14.3. The average molecular weight is 559 g/mol. The van der Waals surface area contributed by atoms with E-state index < -0.39 is 0 Å². The Morgan fingerprint density at radius 1 is 0.795 bits per heavy atom. The molecule has 0 spiro atoms. The van der Waals surface area contributed by atoms with Crippen molar-refractivity contribution >= 4 is 57.4 Å². The number of hydrogen-bond acceptors (Lipinski definition) is 3. The molecule has 8 heteroatoms. The van der Waals surface area contributed by atoms with Crippen molar-refractivity contribution in [1.82, 2.24) is 9.97 Å². The van der Waals surface area contributed by atoms with Gasteiger partial charge in [-0.05, 0) is 117 Å². The summed E-state index contributed by atoms with van der Waals surface area (Å²) in [5, 5.41) is 6.92. The molecule has 0 atom stereocenters. The maximum Gasteiger partial charge on any atom is 0.255 e. The number of anilines is 2. The van der Waals surface area contributed by atoms with Crippen LogP contribution in [0, 0.1) is 23.2 Å². The molecular formula is C31H28Cl2N4O2. The zero-order chi connectivity index (χ0) is 26.7. The molecule has 1 heterocycles. The smallest absolute Gasteiger partial charge is 0.255 e. The molecule has 2 amide bonds. The molecule has 4 bridgehead atoms. The van der Waals surface area contributed by atoms with Crippen LogP contribution in [0.15, 0.2) is 60.7 Å². The monoisotopic (exact) mass is 558 g/mol. The average Bonchev–Trinajstić information content (AvgIpc) is 3.31. The van der Waals surface area contributed by atoms with Crippen molar-refractivity contribution in [3.63, 3.8) is 0 Å². The molecule has 8 rings (SSSR count). The number of halogens is 2. The van der Waals surface area contributed by atoms with Gasteiger partial charge in [-0.15, -0.1) is 0 Å². The van der Waals surface area contributed by atoms with E-state index in [4.69, 9.17) is 28.2 Å². The Hall–Kier alpha value is -3.35. The van der Waals surface area contributed by atoms with Gasteiger partial charge in [0.1, 0.15) is 5.82 Å². The Morgan fingerprint density at radius 2 is 1.41 bits per heavy atom. The minimum absolute atomic E-state index is 0.181. The molecular weight excluding hydrogens is 531 g/mol. The van der Waals surface area contributed by atoms with E-state index in [1.807, 2.05) is 42.5 Å². The molecule has 6 nitrogen and oxygen atoms in total. The molecule has 4 aliphatic carbocycles. The molecule has 0 radical (unpaired) electrons. The van der Waals surface area contributed by atoms with Crippen molar-refractivity contribution in [2.75, 3.05) is 10.6 Å². The normalized spacial score (nSPS) is 25.1. The van der Waals surface area contributed by atoms with E-state index in [9.17, 15) is 9.59 Å². The van der Waals surface area contributed by atoms with Gasteiger partial charge < -0.3 is 15.6 Å². The number of carbonyl (C=O) groups is 2. The summed E-state index contributed by atoms with van der Waals surface area (Å²) in [6, 6.07) is 18.0. The van der Waals surface area contributed by atoms with E-state index in [0.717, 1.165) is 59.3 Å². The van der Waals surface area contributed by atoms with Gasteiger partial charge in [-0.1, -0.05) is 23.2 Å². The summed E-state index contributed by atoms with van der Waals surface area (Å²) in [5.74, 6) is 2.81. The van der Waals surface area contributed by atoms with Crippen LogP contribution < -0.4 is 10.6 Å². The third-order valence-corrected chi connectivity index (χ3v) is 9.24. The topological polar surface area (TPSA) is 86.9 Å². The Kier molecular flexibility index (Phi) is 5.94. The van der Waals surface area contributed by atoms with Crippen LogP contribution in [0.4, 0.5) is 11.4 Å². The van der Waals surface area contributed by atoms with Crippen molar-refractivity contribution < 1.29 is 9.59 Å². The fourth-order valence-electron chi connectivity index (χ4n) is 7.48. The summed E-state index contributed by atoms with van der Waals surface area (Å²) < 4.78 is 0. The highest BCUT2D eigenvalue weighted by atomic mass is 35.5. The van der Waals surface area contributed by atoms with Gasteiger partial charge in [-0.25, -0.2) is 4.98 Å². The molecule has 39 heavy (non-hydrogen) atoms. The summed E-state index contributed by atoms with van der Waals surface area (Å²) >= 11 is 12.0. The lowest BCUT2D eigenvalue weighted by Crippen LogP contribution is -2.51. The molecule has 4 aromatic rings. The largest absolute Gasteiger partial charge is 0.338 e. The van der Waals surface area contributed by atoms with Gasteiger partial charge in [0.2, 0.25) is 5.91 Å². The number of benzene rings is 3. The predicted molar refractivity (Wildman–Crippen MR) is 155 cm³/mol. The van der Waals surface area contributed by atoms with E-state index in [0.29, 0.717) is 27.1 Å². The minimum atomic E-state index is -0.293. The maximum absolute atomic E-state index is 13.5. The van der Waals surface area contributed by atoms with Crippen molar-refractivity contribution in [3.8, 4) is 11.4 Å². The lowest BCUT2D eigenvalue weighted by Gasteiger charge is -2.55. The fraction of sp³-hybridized carbons (Fsp3) is 0.323. The van der Waals surface area contributed by atoms with Gasteiger partial charge in [0, 0.05) is 32.5 Å². The lowest BCUT2D eigenvalue weighted by molar-refractivity contribution is -0.140. The van der Waals surface area contributed by atoms with Gasteiger partial charge >= 0.3 is 0 Å². The summed E-state index contributed by atoms with van der Waals surface area (Å²) in [6.07, 6.45) is 7.10. The quantitative estimate of drug-likeness (QED) is 0.232. The second kappa shape index (κ2) is 9.39. The number of H-pyrrole nitrogens is 1.